The SMILES string of the molecule is CCCOS(=O)(=O)c1cn(-c2ccc(OC)cc2)c2ccccc12. The average molecular weight is 345 g/mol. The Morgan fingerprint density at radius 3 is 2.42 bits per heavy atom. The highest BCUT2D eigenvalue weighted by Gasteiger charge is 2.22. The Kier molecular flexibility index (Phi) is 4.59. The summed E-state index contributed by atoms with van der Waals surface area (Å²) in [6.45, 7) is 2.04. The Bertz CT molecular complexity index is 943. The summed E-state index contributed by atoms with van der Waals surface area (Å²) in [4.78, 5) is 0.183. The fourth-order valence-electron chi connectivity index (χ4n) is 2.56. The number of nitrogens with zero attached hydrogens (tertiary/aromatic N) is 1. The van der Waals surface area contributed by atoms with E-state index in [0.29, 0.717) is 11.8 Å². The highest BCUT2D eigenvalue weighted by Crippen LogP contribution is 2.29. The van der Waals surface area contributed by atoms with Crippen molar-refractivity contribution in [1.82, 2.24) is 4.57 Å². The van der Waals surface area contributed by atoms with E-state index in [2.05, 4.69) is 0 Å². The van der Waals surface area contributed by atoms with E-state index in [1.54, 1.807) is 19.4 Å². The van der Waals surface area contributed by atoms with Crippen LogP contribution in [0.3, 0.4) is 0 Å². The lowest BCUT2D eigenvalue weighted by molar-refractivity contribution is 0.318. The summed E-state index contributed by atoms with van der Waals surface area (Å²) in [7, 11) is -2.19. The minimum Gasteiger partial charge on any atom is -0.497 e. The second-order valence-electron chi connectivity index (χ2n) is 5.35. The molecule has 6 heteroatoms. The van der Waals surface area contributed by atoms with Crippen molar-refractivity contribution in [3.63, 3.8) is 0 Å². The molecule has 3 rings (SSSR count). The lowest BCUT2D eigenvalue weighted by Gasteiger charge is -2.06. The first kappa shape index (κ1) is 16.5. The summed E-state index contributed by atoms with van der Waals surface area (Å²) in [5, 5.41) is 0.643. The molecule has 5 nitrogen and oxygen atoms in total. The molecule has 0 bridgehead atoms. The number of ether oxygens (including phenoxy) is 1. The molecule has 0 atom stereocenters. The van der Waals surface area contributed by atoms with Gasteiger partial charge in [0.2, 0.25) is 0 Å². The molecule has 0 saturated heterocycles. The summed E-state index contributed by atoms with van der Waals surface area (Å²) >= 11 is 0. The van der Waals surface area contributed by atoms with E-state index < -0.39 is 10.1 Å². The summed E-state index contributed by atoms with van der Waals surface area (Å²) in [5.41, 5.74) is 1.66. The van der Waals surface area contributed by atoms with E-state index in [1.807, 2.05) is 54.0 Å². The van der Waals surface area contributed by atoms with Gasteiger partial charge in [0.1, 0.15) is 10.6 Å². The van der Waals surface area contributed by atoms with Crippen molar-refractivity contribution in [1.29, 1.82) is 0 Å². The lowest BCUT2D eigenvalue weighted by Crippen LogP contribution is -2.06. The van der Waals surface area contributed by atoms with Crippen molar-refractivity contribution in [3.05, 3.63) is 54.7 Å². The predicted molar refractivity (Wildman–Crippen MR) is 93.3 cm³/mol. The van der Waals surface area contributed by atoms with Gasteiger partial charge < -0.3 is 9.30 Å². The zero-order chi connectivity index (χ0) is 17.2. The van der Waals surface area contributed by atoms with Gasteiger partial charge in [0.15, 0.2) is 0 Å². The first-order chi connectivity index (χ1) is 11.6. The van der Waals surface area contributed by atoms with Gasteiger partial charge in [0, 0.05) is 17.3 Å². The number of methoxy groups -OCH3 is 1. The first-order valence-electron chi connectivity index (χ1n) is 7.71. The summed E-state index contributed by atoms with van der Waals surface area (Å²) in [6, 6.07) is 14.8. The molecule has 0 saturated carbocycles. The van der Waals surface area contributed by atoms with Crippen LogP contribution in [0.4, 0.5) is 0 Å². The van der Waals surface area contributed by atoms with Crippen molar-refractivity contribution in [2.45, 2.75) is 18.2 Å². The highest BCUT2D eigenvalue weighted by molar-refractivity contribution is 7.87. The molecule has 24 heavy (non-hydrogen) atoms. The zero-order valence-electron chi connectivity index (χ0n) is 13.6. The minimum absolute atomic E-state index is 0.171. The fourth-order valence-corrected chi connectivity index (χ4v) is 3.75. The molecule has 0 fully saturated rings. The molecule has 0 radical (unpaired) electrons. The molecule has 0 aliphatic carbocycles. The van der Waals surface area contributed by atoms with Crippen molar-refractivity contribution in [2.24, 2.45) is 0 Å². The third kappa shape index (κ3) is 3.02. The molecule has 0 amide bonds. The highest BCUT2D eigenvalue weighted by atomic mass is 32.2. The van der Waals surface area contributed by atoms with Crippen molar-refractivity contribution < 1.29 is 17.3 Å². The third-order valence-corrected chi connectivity index (χ3v) is 5.08. The van der Waals surface area contributed by atoms with Crippen LogP contribution in [0.5, 0.6) is 5.75 Å². The molecule has 0 N–H and O–H groups in total. The number of hydrogen-bond donors (Lipinski definition) is 0. The van der Waals surface area contributed by atoms with Gasteiger partial charge in [-0.15, -0.1) is 0 Å². The van der Waals surface area contributed by atoms with Crippen LogP contribution in [0.1, 0.15) is 13.3 Å². The molecule has 2 aromatic carbocycles. The second kappa shape index (κ2) is 6.67. The maximum atomic E-state index is 12.5. The van der Waals surface area contributed by atoms with Crippen LogP contribution in [0.15, 0.2) is 59.6 Å². The maximum absolute atomic E-state index is 12.5. The van der Waals surface area contributed by atoms with Crippen molar-refractivity contribution >= 4 is 21.0 Å². The van der Waals surface area contributed by atoms with Crippen molar-refractivity contribution in [3.8, 4) is 11.4 Å². The summed E-state index contributed by atoms with van der Waals surface area (Å²) < 4.78 is 37.1. The minimum atomic E-state index is -3.79. The van der Waals surface area contributed by atoms with Crippen molar-refractivity contribution in [2.75, 3.05) is 13.7 Å². The van der Waals surface area contributed by atoms with E-state index in [-0.39, 0.29) is 11.5 Å². The number of aromatic nitrogens is 1. The summed E-state index contributed by atoms with van der Waals surface area (Å²) in [5.74, 6) is 0.745. The van der Waals surface area contributed by atoms with E-state index in [4.69, 9.17) is 8.92 Å². The van der Waals surface area contributed by atoms with Gasteiger partial charge in [-0.25, -0.2) is 0 Å². The smallest absolute Gasteiger partial charge is 0.299 e. The average Bonchev–Trinajstić information content (AvgIpc) is 3.01. The Morgan fingerprint density at radius 2 is 1.75 bits per heavy atom. The van der Waals surface area contributed by atoms with Crippen LogP contribution in [0, 0.1) is 0 Å². The molecular formula is C18H19NO4S. The molecule has 126 valence electrons. The van der Waals surface area contributed by atoms with Crippen LogP contribution in [0.25, 0.3) is 16.6 Å². The van der Waals surface area contributed by atoms with Gasteiger partial charge in [-0.2, -0.15) is 8.42 Å². The van der Waals surface area contributed by atoms with E-state index in [9.17, 15) is 8.42 Å². The molecule has 0 unspecified atom stereocenters. The van der Waals surface area contributed by atoms with E-state index >= 15 is 0 Å². The van der Waals surface area contributed by atoms with Gasteiger partial charge in [0.25, 0.3) is 10.1 Å². The Morgan fingerprint density at radius 1 is 1.04 bits per heavy atom. The Labute approximate surface area is 141 Å². The number of para-hydroxylation sites is 1. The molecule has 1 aromatic heterocycles. The fraction of sp³-hybridized carbons (Fsp3) is 0.222. The molecule has 0 aliphatic heterocycles. The van der Waals surface area contributed by atoms with Gasteiger partial charge in [-0.3, -0.25) is 4.18 Å². The quantitative estimate of drug-likeness (QED) is 0.638. The largest absolute Gasteiger partial charge is 0.497 e. The van der Waals surface area contributed by atoms with Crippen LogP contribution < -0.4 is 4.74 Å². The monoisotopic (exact) mass is 345 g/mol. The molecule has 0 spiro atoms. The van der Waals surface area contributed by atoms with E-state index in [0.717, 1.165) is 17.0 Å². The number of hydrogen-bond acceptors (Lipinski definition) is 4. The van der Waals surface area contributed by atoms with Crippen LogP contribution in [0.2, 0.25) is 0 Å². The second-order valence-corrected chi connectivity index (χ2v) is 6.94. The number of fused-ring (bicyclic) bond motifs is 1. The first-order valence-corrected chi connectivity index (χ1v) is 9.11. The zero-order valence-corrected chi connectivity index (χ0v) is 14.4. The van der Waals surface area contributed by atoms with Crippen LogP contribution in [-0.4, -0.2) is 26.7 Å². The van der Waals surface area contributed by atoms with Gasteiger partial charge in [0.05, 0.1) is 19.2 Å². The Hall–Kier alpha value is -2.31. The molecule has 1 heterocycles. The standard InChI is InChI=1S/C18H19NO4S/c1-3-12-23-24(20,21)18-13-19(17-7-5-4-6-16(17)18)14-8-10-15(22-2)11-9-14/h4-11,13H,3,12H2,1-2H3. The molecule has 0 aliphatic rings. The van der Waals surface area contributed by atoms with Crippen LogP contribution in [-0.2, 0) is 14.3 Å². The molecular weight excluding hydrogens is 326 g/mol. The maximum Gasteiger partial charge on any atom is 0.299 e. The normalized spacial score (nSPS) is 11.8. The van der Waals surface area contributed by atoms with E-state index in [1.165, 1.54) is 0 Å². The Balaban J connectivity index is 2.16. The predicted octanol–water partition coefficient (Wildman–Crippen LogP) is 3.75. The van der Waals surface area contributed by atoms with Crippen LogP contribution >= 0.6 is 0 Å². The summed E-state index contributed by atoms with van der Waals surface area (Å²) in [6.07, 6.45) is 2.24. The van der Waals surface area contributed by atoms with Gasteiger partial charge >= 0.3 is 0 Å². The van der Waals surface area contributed by atoms with Gasteiger partial charge in [-0.1, -0.05) is 25.1 Å². The molecule has 3 aromatic rings. The number of rotatable bonds is 6. The third-order valence-electron chi connectivity index (χ3n) is 3.74. The lowest BCUT2D eigenvalue weighted by atomic mass is 10.2. The van der Waals surface area contributed by atoms with Gasteiger partial charge in [-0.05, 0) is 36.8 Å². The number of benzene rings is 2. The topological polar surface area (TPSA) is 57.5 Å².